The molecule has 0 radical (unpaired) electrons. The number of rotatable bonds is 5. The smallest absolute Gasteiger partial charge is 0.147 e. The molecule has 1 aromatic heterocycles. The standard InChI is InChI=1S/C14H23N5/c1-12-16-13(2)19(17-12)11-14-7-3-5-9-18(14)10-6-4-8-15/h14H,3-7,9-11H2,1-2H3/t14-/m0/s1. The molecule has 0 aliphatic carbocycles. The van der Waals surface area contributed by atoms with E-state index >= 15 is 0 Å². The van der Waals surface area contributed by atoms with Gasteiger partial charge in [0.15, 0.2) is 0 Å². The average molecular weight is 261 g/mol. The fraction of sp³-hybridized carbons (Fsp3) is 0.786. The van der Waals surface area contributed by atoms with Crippen LogP contribution in [-0.4, -0.2) is 38.8 Å². The van der Waals surface area contributed by atoms with Crippen LogP contribution in [0.1, 0.15) is 43.8 Å². The van der Waals surface area contributed by atoms with Gasteiger partial charge in [0, 0.05) is 12.5 Å². The first-order chi connectivity index (χ1) is 9.20. The molecule has 1 fully saturated rings. The van der Waals surface area contributed by atoms with Gasteiger partial charge in [-0.2, -0.15) is 10.4 Å². The third kappa shape index (κ3) is 3.77. The molecule has 1 saturated heterocycles. The molecule has 0 N–H and O–H groups in total. The van der Waals surface area contributed by atoms with Crippen molar-refractivity contribution in [3.8, 4) is 6.07 Å². The molecule has 0 amide bonds. The number of hydrogen-bond donors (Lipinski definition) is 0. The van der Waals surface area contributed by atoms with Gasteiger partial charge in [-0.1, -0.05) is 6.42 Å². The fourth-order valence-electron chi connectivity index (χ4n) is 2.86. The summed E-state index contributed by atoms with van der Waals surface area (Å²) in [6.07, 6.45) is 5.43. The molecule has 0 aromatic carbocycles. The van der Waals surface area contributed by atoms with Crippen LogP contribution < -0.4 is 0 Å². The third-order valence-electron chi connectivity index (χ3n) is 3.83. The second-order valence-electron chi connectivity index (χ2n) is 5.34. The van der Waals surface area contributed by atoms with Gasteiger partial charge >= 0.3 is 0 Å². The Hall–Kier alpha value is -1.41. The molecule has 0 bridgehead atoms. The van der Waals surface area contributed by atoms with Gasteiger partial charge in [-0.3, -0.25) is 4.90 Å². The molecule has 5 heteroatoms. The third-order valence-corrected chi connectivity index (χ3v) is 3.83. The highest BCUT2D eigenvalue weighted by atomic mass is 15.4. The van der Waals surface area contributed by atoms with Gasteiger partial charge in [0.25, 0.3) is 0 Å². The van der Waals surface area contributed by atoms with Crippen LogP contribution in [0.3, 0.4) is 0 Å². The van der Waals surface area contributed by atoms with E-state index in [2.05, 4.69) is 21.1 Å². The van der Waals surface area contributed by atoms with Gasteiger partial charge in [-0.25, -0.2) is 9.67 Å². The lowest BCUT2D eigenvalue weighted by Crippen LogP contribution is -2.42. The van der Waals surface area contributed by atoms with Gasteiger partial charge in [-0.15, -0.1) is 0 Å². The average Bonchev–Trinajstić information content (AvgIpc) is 2.70. The predicted molar refractivity (Wildman–Crippen MR) is 73.6 cm³/mol. The maximum absolute atomic E-state index is 8.65. The van der Waals surface area contributed by atoms with Gasteiger partial charge in [-0.05, 0) is 46.2 Å². The van der Waals surface area contributed by atoms with Crippen molar-refractivity contribution in [1.29, 1.82) is 5.26 Å². The minimum Gasteiger partial charge on any atom is -0.299 e. The number of hydrogen-bond acceptors (Lipinski definition) is 4. The van der Waals surface area contributed by atoms with E-state index in [4.69, 9.17) is 5.26 Å². The van der Waals surface area contributed by atoms with Crippen molar-refractivity contribution in [1.82, 2.24) is 19.7 Å². The topological polar surface area (TPSA) is 57.7 Å². The lowest BCUT2D eigenvalue weighted by atomic mass is 10.0. The summed E-state index contributed by atoms with van der Waals surface area (Å²) >= 11 is 0. The van der Waals surface area contributed by atoms with Crippen LogP contribution in [0.5, 0.6) is 0 Å². The Balaban J connectivity index is 1.95. The van der Waals surface area contributed by atoms with Crippen molar-refractivity contribution < 1.29 is 0 Å². The molecule has 1 aliphatic rings. The summed E-state index contributed by atoms with van der Waals surface area (Å²) in [5.74, 6) is 1.85. The van der Waals surface area contributed by atoms with Crippen LogP contribution >= 0.6 is 0 Å². The summed E-state index contributed by atoms with van der Waals surface area (Å²) in [4.78, 5) is 6.89. The number of aromatic nitrogens is 3. The van der Waals surface area contributed by atoms with Crippen LogP contribution in [0.2, 0.25) is 0 Å². The Morgan fingerprint density at radius 1 is 1.37 bits per heavy atom. The van der Waals surface area contributed by atoms with E-state index in [1.807, 2.05) is 18.5 Å². The summed E-state index contributed by atoms with van der Waals surface area (Å²) in [5, 5.41) is 13.1. The number of likely N-dealkylation sites (tertiary alicyclic amines) is 1. The van der Waals surface area contributed by atoms with Crippen LogP contribution in [0, 0.1) is 25.2 Å². The molecule has 0 saturated carbocycles. The zero-order valence-electron chi connectivity index (χ0n) is 12.0. The van der Waals surface area contributed by atoms with Crippen LogP contribution in [0.25, 0.3) is 0 Å². The molecule has 0 spiro atoms. The first kappa shape index (κ1) is 14.0. The van der Waals surface area contributed by atoms with E-state index in [1.54, 1.807) is 0 Å². The lowest BCUT2D eigenvalue weighted by Gasteiger charge is -2.35. The highest BCUT2D eigenvalue weighted by Crippen LogP contribution is 2.19. The number of aryl methyl sites for hydroxylation is 2. The van der Waals surface area contributed by atoms with Gasteiger partial charge in [0.2, 0.25) is 0 Å². The molecule has 1 atom stereocenters. The maximum Gasteiger partial charge on any atom is 0.147 e. The molecule has 1 aliphatic heterocycles. The van der Waals surface area contributed by atoms with Crippen molar-refractivity contribution >= 4 is 0 Å². The van der Waals surface area contributed by atoms with Crippen molar-refractivity contribution in [2.45, 2.75) is 58.5 Å². The highest BCUT2D eigenvalue weighted by Gasteiger charge is 2.23. The van der Waals surface area contributed by atoms with E-state index in [1.165, 1.54) is 19.3 Å². The Kier molecular flexibility index (Phi) is 4.92. The maximum atomic E-state index is 8.65. The lowest BCUT2D eigenvalue weighted by molar-refractivity contribution is 0.128. The van der Waals surface area contributed by atoms with Crippen molar-refractivity contribution in [3.63, 3.8) is 0 Å². The van der Waals surface area contributed by atoms with Crippen LogP contribution in [0.4, 0.5) is 0 Å². The van der Waals surface area contributed by atoms with E-state index in [0.717, 1.165) is 37.7 Å². The van der Waals surface area contributed by atoms with Crippen molar-refractivity contribution in [2.24, 2.45) is 0 Å². The quantitative estimate of drug-likeness (QED) is 0.761. The summed E-state index contributed by atoms with van der Waals surface area (Å²) in [5.41, 5.74) is 0. The molecule has 19 heavy (non-hydrogen) atoms. The monoisotopic (exact) mass is 261 g/mol. The summed E-state index contributed by atoms with van der Waals surface area (Å²) in [6.45, 7) is 7.07. The zero-order valence-corrected chi connectivity index (χ0v) is 12.0. The molecule has 2 rings (SSSR count). The zero-order chi connectivity index (χ0) is 13.7. The van der Waals surface area contributed by atoms with Crippen molar-refractivity contribution in [2.75, 3.05) is 13.1 Å². The SMILES string of the molecule is Cc1nc(C)n(C[C@@H]2CCCCN2CCCC#N)n1. The number of piperidine rings is 1. The van der Waals surface area contributed by atoms with Crippen molar-refractivity contribution in [3.05, 3.63) is 11.6 Å². The molecule has 1 aromatic rings. The number of unbranched alkanes of at least 4 members (excludes halogenated alkanes) is 1. The van der Waals surface area contributed by atoms with E-state index in [0.29, 0.717) is 12.5 Å². The molecule has 5 nitrogen and oxygen atoms in total. The predicted octanol–water partition coefficient (Wildman–Crippen LogP) is 2.05. The van der Waals surface area contributed by atoms with E-state index < -0.39 is 0 Å². The number of nitriles is 1. The van der Waals surface area contributed by atoms with Gasteiger partial charge in [0.05, 0.1) is 12.6 Å². The molecular weight excluding hydrogens is 238 g/mol. The van der Waals surface area contributed by atoms with Crippen LogP contribution in [0.15, 0.2) is 0 Å². The van der Waals surface area contributed by atoms with Gasteiger partial charge < -0.3 is 0 Å². The molecule has 104 valence electrons. The Morgan fingerprint density at radius 3 is 2.89 bits per heavy atom. The molecule has 0 unspecified atom stereocenters. The Labute approximate surface area is 115 Å². The van der Waals surface area contributed by atoms with Gasteiger partial charge in [0.1, 0.15) is 11.6 Å². The second kappa shape index (κ2) is 6.67. The normalized spacial score (nSPS) is 20.4. The minimum atomic E-state index is 0.548. The molecular formula is C14H23N5. The van der Waals surface area contributed by atoms with E-state index in [-0.39, 0.29) is 0 Å². The first-order valence-corrected chi connectivity index (χ1v) is 7.19. The Morgan fingerprint density at radius 2 is 2.21 bits per heavy atom. The Bertz CT molecular complexity index is 445. The van der Waals surface area contributed by atoms with E-state index in [9.17, 15) is 0 Å². The summed E-state index contributed by atoms with van der Waals surface area (Å²) < 4.78 is 2.03. The summed E-state index contributed by atoms with van der Waals surface area (Å²) in [7, 11) is 0. The second-order valence-corrected chi connectivity index (χ2v) is 5.34. The fourth-order valence-corrected chi connectivity index (χ4v) is 2.86. The highest BCUT2D eigenvalue weighted by molar-refractivity contribution is 4.89. The van der Waals surface area contributed by atoms with Crippen LogP contribution in [-0.2, 0) is 6.54 Å². The largest absolute Gasteiger partial charge is 0.299 e. The minimum absolute atomic E-state index is 0.548. The summed E-state index contributed by atoms with van der Waals surface area (Å²) in [6, 6.07) is 2.78. The molecule has 2 heterocycles. The first-order valence-electron chi connectivity index (χ1n) is 7.19. The number of nitrogens with zero attached hydrogens (tertiary/aromatic N) is 5.